The van der Waals surface area contributed by atoms with Crippen molar-refractivity contribution in [1.29, 1.82) is 0 Å². The molecule has 29 heavy (non-hydrogen) atoms. The summed E-state index contributed by atoms with van der Waals surface area (Å²) in [5.41, 5.74) is 2.49. The zero-order valence-corrected chi connectivity index (χ0v) is 17.5. The fraction of sp³-hybridized carbons (Fsp3) is 0.591. The van der Waals surface area contributed by atoms with Gasteiger partial charge in [0.05, 0.1) is 17.4 Å². The van der Waals surface area contributed by atoms with Gasteiger partial charge in [-0.15, -0.1) is 0 Å². The van der Waals surface area contributed by atoms with Crippen molar-refractivity contribution in [3.8, 4) is 0 Å². The number of fused-ring (bicyclic) bond motifs is 1. The predicted molar refractivity (Wildman–Crippen MR) is 116 cm³/mol. The number of rotatable bonds is 6. The molecule has 1 aliphatic carbocycles. The number of hydrogen-bond donors (Lipinski definition) is 1. The number of nitrogens with one attached hydrogen (secondary N) is 1. The van der Waals surface area contributed by atoms with Gasteiger partial charge in [0.2, 0.25) is 6.54 Å². The lowest BCUT2D eigenvalue weighted by Crippen LogP contribution is -2.37. The van der Waals surface area contributed by atoms with Crippen molar-refractivity contribution in [1.82, 2.24) is 14.5 Å². The molecule has 2 fully saturated rings. The predicted octanol–water partition coefficient (Wildman–Crippen LogP) is 2.40. The molecule has 7 nitrogen and oxygen atoms in total. The van der Waals surface area contributed by atoms with E-state index in [1.54, 1.807) is 4.57 Å². The van der Waals surface area contributed by atoms with Crippen LogP contribution in [-0.2, 0) is 0 Å². The summed E-state index contributed by atoms with van der Waals surface area (Å²) in [7, 11) is 2.08. The van der Waals surface area contributed by atoms with Gasteiger partial charge < -0.3 is 9.74 Å². The number of aromatic nitrogens is 2. The first-order chi connectivity index (χ1) is 13.8. The van der Waals surface area contributed by atoms with E-state index in [0.29, 0.717) is 11.9 Å². The minimum atomic E-state index is -0.302. The number of benzene rings is 1. The van der Waals surface area contributed by atoms with E-state index in [-0.39, 0.29) is 22.7 Å². The minimum absolute atomic E-state index is 0.155. The number of nitrogens with zero attached hydrogens (tertiary/aromatic N) is 4. The summed E-state index contributed by atoms with van der Waals surface area (Å²) in [5.74, 6) is 0. The summed E-state index contributed by atoms with van der Waals surface area (Å²) in [6.45, 7) is 15.5. The van der Waals surface area contributed by atoms with Crippen LogP contribution in [0.25, 0.3) is 15.7 Å². The largest absolute Gasteiger partial charge is 0.371 e. The third-order valence-corrected chi connectivity index (χ3v) is 6.38. The smallest absolute Gasteiger partial charge is 0.329 e. The van der Waals surface area contributed by atoms with Crippen LogP contribution in [-0.4, -0.2) is 54.2 Å². The van der Waals surface area contributed by atoms with E-state index in [4.69, 9.17) is 6.57 Å². The Morgan fingerprint density at radius 2 is 2.10 bits per heavy atom. The van der Waals surface area contributed by atoms with Crippen molar-refractivity contribution in [2.75, 3.05) is 44.7 Å². The molecule has 7 heteroatoms. The summed E-state index contributed by atoms with van der Waals surface area (Å²) in [6, 6.07) is 4.10. The lowest BCUT2D eigenvalue weighted by atomic mass is 9.89. The Balaban J connectivity index is 1.66. The fourth-order valence-corrected chi connectivity index (χ4v) is 4.84. The highest BCUT2D eigenvalue weighted by atomic mass is 16.2. The van der Waals surface area contributed by atoms with E-state index in [1.807, 2.05) is 19.1 Å². The summed E-state index contributed by atoms with van der Waals surface area (Å²) >= 11 is 0. The molecular formula is C22H29N5O2. The Kier molecular flexibility index (Phi) is 4.99. The van der Waals surface area contributed by atoms with Gasteiger partial charge in [-0.25, -0.2) is 11.4 Å². The van der Waals surface area contributed by atoms with E-state index >= 15 is 0 Å². The second-order valence-electron chi connectivity index (χ2n) is 9.07. The highest BCUT2D eigenvalue weighted by molar-refractivity contribution is 5.87. The van der Waals surface area contributed by atoms with Crippen molar-refractivity contribution in [3.05, 3.63) is 50.0 Å². The molecule has 1 saturated heterocycles. The van der Waals surface area contributed by atoms with Gasteiger partial charge in [0.25, 0.3) is 5.56 Å². The molecule has 2 aliphatic rings. The van der Waals surface area contributed by atoms with Gasteiger partial charge in [-0.05, 0) is 56.3 Å². The third-order valence-electron chi connectivity index (χ3n) is 6.38. The number of hydrogen-bond acceptors (Lipinski definition) is 4. The van der Waals surface area contributed by atoms with E-state index in [2.05, 4.69) is 33.6 Å². The number of H-pyrrole nitrogens is 1. The normalized spacial score (nSPS) is 21.8. The molecule has 2 heterocycles. The van der Waals surface area contributed by atoms with Gasteiger partial charge in [0, 0.05) is 31.4 Å². The van der Waals surface area contributed by atoms with Crippen LogP contribution >= 0.6 is 0 Å². The Bertz CT molecular complexity index is 1090. The molecular weight excluding hydrogens is 366 g/mol. The average molecular weight is 396 g/mol. The molecule has 0 amide bonds. The molecule has 1 aromatic heterocycles. The van der Waals surface area contributed by atoms with Crippen LogP contribution in [0.2, 0.25) is 0 Å². The van der Waals surface area contributed by atoms with Crippen LogP contribution in [0.15, 0.2) is 21.7 Å². The van der Waals surface area contributed by atoms with Crippen molar-refractivity contribution in [2.24, 2.45) is 5.41 Å². The SMILES string of the molecule is [C-]#[N+]CCN(C)CC1(C)CCN(c2ccc3c(=O)[nH]c(=O)n(C4CC4)c3c2C)C1. The standard InChI is InChI=1S/C22H29N5O2/c1-15-18(26-11-9-22(2,14-26)13-25(4)12-10-23-3)8-7-17-19(15)27(16-5-6-16)21(29)24-20(17)28/h7-8,16H,5-6,9-14H2,1-2,4H3,(H,24,28,29). The molecule has 0 spiro atoms. The van der Waals surface area contributed by atoms with Crippen LogP contribution in [0.1, 0.15) is 37.8 Å². The third kappa shape index (κ3) is 3.69. The quantitative estimate of drug-likeness (QED) is 0.763. The van der Waals surface area contributed by atoms with Crippen LogP contribution in [0.3, 0.4) is 0 Å². The maximum Gasteiger partial charge on any atom is 0.329 e. The Labute approximate surface area is 170 Å². The van der Waals surface area contributed by atoms with Gasteiger partial charge >= 0.3 is 5.69 Å². The molecule has 1 saturated carbocycles. The van der Waals surface area contributed by atoms with Crippen LogP contribution in [0, 0.1) is 18.9 Å². The van der Waals surface area contributed by atoms with Crippen LogP contribution in [0.4, 0.5) is 5.69 Å². The lowest BCUT2D eigenvalue weighted by Gasteiger charge is -2.30. The number of anilines is 1. The first-order valence-corrected chi connectivity index (χ1v) is 10.4. The molecule has 1 N–H and O–H groups in total. The molecule has 0 bridgehead atoms. The molecule has 1 unspecified atom stereocenters. The van der Waals surface area contributed by atoms with Crippen molar-refractivity contribution in [3.63, 3.8) is 0 Å². The minimum Gasteiger partial charge on any atom is -0.371 e. The van der Waals surface area contributed by atoms with E-state index in [9.17, 15) is 9.59 Å². The maximum absolute atomic E-state index is 12.5. The highest BCUT2D eigenvalue weighted by Gasteiger charge is 2.36. The second kappa shape index (κ2) is 7.34. The van der Waals surface area contributed by atoms with E-state index in [0.717, 1.165) is 62.2 Å². The molecule has 154 valence electrons. The Hall–Kier alpha value is -2.59. The van der Waals surface area contributed by atoms with Gasteiger partial charge in [-0.2, -0.15) is 0 Å². The Morgan fingerprint density at radius 3 is 2.79 bits per heavy atom. The first kappa shape index (κ1) is 19.7. The summed E-state index contributed by atoms with van der Waals surface area (Å²) in [6.07, 6.45) is 3.06. The second-order valence-corrected chi connectivity index (χ2v) is 9.07. The summed E-state index contributed by atoms with van der Waals surface area (Å²) < 4.78 is 1.79. The van der Waals surface area contributed by atoms with E-state index < -0.39 is 0 Å². The zero-order valence-electron chi connectivity index (χ0n) is 17.5. The highest BCUT2D eigenvalue weighted by Crippen LogP contribution is 2.39. The first-order valence-electron chi connectivity index (χ1n) is 10.4. The average Bonchev–Trinajstić information content (AvgIpc) is 3.43. The van der Waals surface area contributed by atoms with Gasteiger partial charge in [-0.1, -0.05) is 6.92 Å². The fourth-order valence-electron chi connectivity index (χ4n) is 4.84. The lowest BCUT2D eigenvalue weighted by molar-refractivity contribution is 0.218. The summed E-state index contributed by atoms with van der Waals surface area (Å²) in [4.78, 5) is 35.5. The maximum atomic E-state index is 12.5. The van der Waals surface area contributed by atoms with Gasteiger partial charge in [-0.3, -0.25) is 19.2 Å². The number of aryl methyl sites for hydroxylation is 1. The van der Waals surface area contributed by atoms with E-state index in [1.165, 1.54) is 0 Å². The van der Waals surface area contributed by atoms with Gasteiger partial charge in [0.1, 0.15) is 0 Å². The van der Waals surface area contributed by atoms with Crippen molar-refractivity contribution in [2.45, 2.75) is 39.2 Å². The van der Waals surface area contributed by atoms with Crippen LogP contribution in [0.5, 0.6) is 0 Å². The zero-order chi connectivity index (χ0) is 20.8. The van der Waals surface area contributed by atoms with Crippen molar-refractivity contribution < 1.29 is 0 Å². The summed E-state index contributed by atoms with van der Waals surface area (Å²) in [5, 5.41) is 0.596. The molecule has 4 rings (SSSR count). The number of likely N-dealkylation sites (N-methyl/N-ethyl adjacent to an activating group) is 1. The molecule has 0 radical (unpaired) electrons. The van der Waals surface area contributed by atoms with Gasteiger partial charge in [0.15, 0.2) is 0 Å². The topological polar surface area (TPSA) is 65.7 Å². The molecule has 2 aromatic rings. The molecule has 1 aromatic carbocycles. The number of aromatic amines is 1. The van der Waals surface area contributed by atoms with Crippen LogP contribution < -0.4 is 16.1 Å². The molecule has 1 aliphatic heterocycles. The monoisotopic (exact) mass is 395 g/mol. The molecule has 1 atom stereocenters. The van der Waals surface area contributed by atoms with Crippen molar-refractivity contribution >= 4 is 16.6 Å². The Morgan fingerprint density at radius 1 is 1.34 bits per heavy atom.